The largest absolute Gasteiger partial charge is 0.394 e. The lowest BCUT2D eigenvalue weighted by Gasteiger charge is -2.16. The van der Waals surface area contributed by atoms with Crippen LogP contribution in [0, 0.1) is 0 Å². The van der Waals surface area contributed by atoms with Gasteiger partial charge in [-0.1, -0.05) is 18.2 Å². The predicted octanol–water partition coefficient (Wildman–Crippen LogP) is 1.66. The second-order valence-corrected chi connectivity index (χ2v) is 3.61. The van der Waals surface area contributed by atoms with E-state index in [4.69, 9.17) is 5.11 Å². The van der Waals surface area contributed by atoms with E-state index in [0.29, 0.717) is 0 Å². The van der Waals surface area contributed by atoms with Gasteiger partial charge in [-0.3, -0.25) is 0 Å². The molecule has 1 aromatic carbocycles. The molecule has 0 fully saturated rings. The van der Waals surface area contributed by atoms with Crippen LogP contribution in [0.5, 0.6) is 0 Å². The molecule has 2 N–H and O–H groups in total. The molecular formula is C10H15NOS. The van der Waals surface area contributed by atoms with Gasteiger partial charge in [-0.2, -0.15) is 0 Å². The lowest BCUT2D eigenvalue weighted by molar-refractivity contribution is 0.249. The molecule has 0 saturated heterocycles. The lowest BCUT2D eigenvalue weighted by Crippen LogP contribution is -2.20. The number of aliphatic hydroxyl groups is 1. The number of hydrogen-bond donors (Lipinski definition) is 2. The summed E-state index contributed by atoms with van der Waals surface area (Å²) in [4.78, 5) is 1.22. The smallest absolute Gasteiger partial charge is 0.0626 e. The minimum atomic E-state index is 0.0450. The molecule has 0 aliphatic heterocycles. The standard InChI is InChI=1S/C10H15NOS/c1-11-9(7-12)8-5-3-4-6-10(8)13-2/h3-6,9,11-12H,7H2,1-2H3/t9-/m1/s1. The molecule has 0 amide bonds. The number of nitrogens with one attached hydrogen (secondary N) is 1. The Balaban J connectivity index is 2.96. The van der Waals surface area contributed by atoms with E-state index in [0.717, 1.165) is 0 Å². The van der Waals surface area contributed by atoms with Crippen LogP contribution in [-0.2, 0) is 0 Å². The van der Waals surface area contributed by atoms with Gasteiger partial charge in [-0.05, 0) is 24.9 Å². The number of aliphatic hydroxyl groups excluding tert-OH is 1. The highest BCUT2D eigenvalue weighted by molar-refractivity contribution is 7.98. The minimum absolute atomic E-state index is 0.0450. The quantitative estimate of drug-likeness (QED) is 0.720. The Labute approximate surface area is 83.4 Å². The predicted molar refractivity (Wildman–Crippen MR) is 57.1 cm³/mol. The Bertz CT molecular complexity index is 261. The summed E-state index contributed by atoms with van der Waals surface area (Å²) in [5.74, 6) is 0. The molecule has 0 bridgehead atoms. The van der Waals surface area contributed by atoms with E-state index in [2.05, 4.69) is 11.4 Å². The highest BCUT2D eigenvalue weighted by Crippen LogP contribution is 2.24. The van der Waals surface area contributed by atoms with E-state index in [-0.39, 0.29) is 12.6 Å². The summed E-state index contributed by atoms with van der Waals surface area (Å²) in [5.41, 5.74) is 1.17. The highest BCUT2D eigenvalue weighted by atomic mass is 32.2. The Morgan fingerprint density at radius 2 is 2.15 bits per heavy atom. The molecule has 0 aromatic heterocycles. The average Bonchev–Trinajstić information content (AvgIpc) is 2.20. The monoisotopic (exact) mass is 197 g/mol. The molecule has 0 saturated carbocycles. The summed E-state index contributed by atoms with van der Waals surface area (Å²) in [6, 6.07) is 8.17. The third-order valence-electron chi connectivity index (χ3n) is 2.05. The van der Waals surface area contributed by atoms with Crippen molar-refractivity contribution in [3.8, 4) is 0 Å². The molecule has 3 heteroatoms. The summed E-state index contributed by atoms with van der Waals surface area (Å²) in [6.45, 7) is 0.133. The first-order valence-corrected chi connectivity index (χ1v) is 5.47. The molecule has 0 aliphatic carbocycles. The topological polar surface area (TPSA) is 32.3 Å². The van der Waals surface area contributed by atoms with Crippen molar-refractivity contribution in [1.82, 2.24) is 5.32 Å². The van der Waals surface area contributed by atoms with Crippen molar-refractivity contribution in [3.05, 3.63) is 29.8 Å². The zero-order valence-corrected chi connectivity index (χ0v) is 8.77. The maximum Gasteiger partial charge on any atom is 0.0626 e. The van der Waals surface area contributed by atoms with Crippen molar-refractivity contribution in [2.45, 2.75) is 10.9 Å². The van der Waals surface area contributed by atoms with Crippen LogP contribution >= 0.6 is 11.8 Å². The van der Waals surface area contributed by atoms with Gasteiger partial charge in [0, 0.05) is 4.90 Å². The van der Waals surface area contributed by atoms with Crippen molar-refractivity contribution in [1.29, 1.82) is 0 Å². The average molecular weight is 197 g/mol. The number of hydrogen-bond acceptors (Lipinski definition) is 3. The van der Waals surface area contributed by atoms with Crippen LogP contribution in [0.25, 0.3) is 0 Å². The van der Waals surface area contributed by atoms with Gasteiger partial charge in [0.25, 0.3) is 0 Å². The molecule has 0 unspecified atom stereocenters. The molecule has 1 aromatic rings. The first-order valence-electron chi connectivity index (χ1n) is 4.24. The van der Waals surface area contributed by atoms with E-state index in [1.807, 2.05) is 31.5 Å². The second-order valence-electron chi connectivity index (χ2n) is 2.77. The van der Waals surface area contributed by atoms with Crippen LogP contribution in [0.15, 0.2) is 29.2 Å². The maximum absolute atomic E-state index is 9.13. The Hall–Kier alpha value is -0.510. The van der Waals surface area contributed by atoms with E-state index < -0.39 is 0 Å². The fourth-order valence-electron chi connectivity index (χ4n) is 1.30. The van der Waals surface area contributed by atoms with Crippen molar-refractivity contribution < 1.29 is 5.11 Å². The van der Waals surface area contributed by atoms with E-state index in [1.54, 1.807) is 11.8 Å². The summed E-state index contributed by atoms with van der Waals surface area (Å²) < 4.78 is 0. The minimum Gasteiger partial charge on any atom is -0.394 e. The van der Waals surface area contributed by atoms with Gasteiger partial charge in [-0.15, -0.1) is 11.8 Å². The molecular weight excluding hydrogens is 182 g/mol. The lowest BCUT2D eigenvalue weighted by atomic mass is 10.1. The normalized spacial score (nSPS) is 12.8. The zero-order valence-electron chi connectivity index (χ0n) is 7.95. The summed E-state index contributed by atoms with van der Waals surface area (Å²) in [6.07, 6.45) is 2.04. The van der Waals surface area contributed by atoms with Gasteiger partial charge in [0.15, 0.2) is 0 Å². The van der Waals surface area contributed by atoms with Crippen LogP contribution in [0.3, 0.4) is 0 Å². The van der Waals surface area contributed by atoms with Crippen LogP contribution in [0.2, 0.25) is 0 Å². The van der Waals surface area contributed by atoms with Crippen molar-refractivity contribution in [2.24, 2.45) is 0 Å². The van der Waals surface area contributed by atoms with Crippen molar-refractivity contribution >= 4 is 11.8 Å². The third kappa shape index (κ3) is 2.46. The van der Waals surface area contributed by atoms with Gasteiger partial charge in [-0.25, -0.2) is 0 Å². The van der Waals surface area contributed by atoms with Gasteiger partial charge >= 0.3 is 0 Å². The number of likely N-dealkylation sites (N-methyl/N-ethyl adjacent to an activating group) is 1. The summed E-state index contributed by atoms with van der Waals surface area (Å²) in [7, 11) is 1.86. The van der Waals surface area contributed by atoms with Crippen LogP contribution < -0.4 is 5.32 Å². The SMILES string of the molecule is CN[C@H](CO)c1ccccc1SC. The molecule has 2 nitrogen and oxygen atoms in total. The van der Waals surface area contributed by atoms with Gasteiger partial charge in [0.2, 0.25) is 0 Å². The molecule has 72 valence electrons. The highest BCUT2D eigenvalue weighted by Gasteiger charge is 2.10. The first-order chi connectivity index (χ1) is 6.33. The summed E-state index contributed by atoms with van der Waals surface area (Å²) in [5, 5.41) is 12.2. The van der Waals surface area contributed by atoms with Crippen LogP contribution in [0.1, 0.15) is 11.6 Å². The van der Waals surface area contributed by atoms with E-state index in [9.17, 15) is 0 Å². The zero-order chi connectivity index (χ0) is 9.68. The number of thioether (sulfide) groups is 1. The summed E-state index contributed by atoms with van der Waals surface area (Å²) >= 11 is 1.70. The second kappa shape index (κ2) is 5.27. The van der Waals surface area contributed by atoms with E-state index in [1.165, 1.54) is 10.5 Å². The maximum atomic E-state index is 9.13. The number of rotatable bonds is 4. The fraction of sp³-hybridized carbons (Fsp3) is 0.400. The van der Waals surface area contributed by atoms with Crippen LogP contribution in [0.4, 0.5) is 0 Å². The van der Waals surface area contributed by atoms with Gasteiger partial charge in [0.05, 0.1) is 12.6 Å². The molecule has 0 radical (unpaired) electrons. The molecule has 1 rings (SSSR count). The van der Waals surface area contributed by atoms with Crippen LogP contribution in [-0.4, -0.2) is 25.0 Å². The molecule has 0 heterocycles. The molecule has 13 heavy (non-hydrogen) atoms. The van der Waals surface area contributed by atoms with Gasteiger partial charge < -0.3 is 10.4 Å². The van der Waals surface area contributed by atoms with Crippen molar-refractivity contribution in [3.63, 3.8) is 0 Å². The number of benzene rings is 1. The molecule has 0 spiro atoms. The Morgan fingerprint density at radius 3 is 2.69 bits per heavy atom. The third-order valence-corrected chi connectivity index (χ3v) is 2.86. The fourth-order valence-corrected chi connectivity index (χ4v) is 1.96. The molecule has 0 aliphatic rings. The molecule has 1 atom stereocenters. The van der Waals surface area contributed by atoms with Gasteiger partial charge in [0.1, 0.15) is 0 Å². The van der Waals surface area contributed by atoms with E-state index >= 15 is 0 Å². The first kappa shape index (κ1) is 10.6. The Morgan fingerprint density at radius 1 is 1.46 bits per heavy atom. The van der Waals surface area contributed by atoms with Crippen molar-refractivity contribution in [2.75, 3.05) is 19.9 Å². The Kier molecular flexibility index (Phi) is 4.28.